The molecule has 0 atom stereocenters. The zero-order valence-electron chi connectivity index (χ0n) is 12.6. The number of rotatable bonds is 6. The summed E-state index contributed by atoms with van der Waals surface area (Å²) in [5, 5.41) is 7.05. The average Bonchev–Trinajstić information content (AvgIpc) is 3.02. The SMILES string of the molecule is O=C(COc1ccccc1)Nc1ccn(Cc2ccccc2)n1. The van der Waals surface area contributed by atoms with Gasteiger partial charge in [-0.1, -0.05) is 48.5 Å². The van der Waals surface area contributed by atoms with Crippen molar-refractivity contribution in [2.75, 3.05) is 11.9 Å². The molecule has 0 unspecified atom stereocenters. The Kier molecular flexibility index (Phi) is 4.69. The third-order valence-electron chi connectivity index (χ3n) is 3.21. The van der Waals surface area contributed by atoms with E-state index in [4.69, 9.17) is 4.74 Å². The van der Waals surface area contributed by atoms with E-state index < -0.39 is 0 Å². The quantitative estimate of drug-likeness (QED) is 0.762. The highest BCUT2D eigenvalue weighted by Gasteiger charge is 2.06. The minimum atomic E-state index is -0.237. The van der Waals surface area contributed by atoms with Crippen LogP contribution in [0.2, 0.25) is 0 Å². The molecule has 0 saturated carbocycles. The number of anilines is 1. The number of hydrogen-bond donors (Lipinski definition) is 1. The van der Waals surface area contributed by atoms with Gasteiger partial charge in [-0.3, -0.25) is 9.48 Å². The third kappa shape index (κ3) is 4.44. The van der Waals surface area contributed by atoms with Crippen LogP contribution in [0.25, 0.3) is 0 Å². The van der Waals surface area contributed by atoms with Crippen molar-refractivity contribution in [3.63, 3.8) is 0 Å². The van der Waals surface area contributed by atoms with Gasteiger partial charge in [0.15, 0.2) is 12.4 Å². The van der Waals surface area contributed by atoms with Gasteiger partial charge in [-0.25, -0.2) is 0 Å². The van der Waals surface area contributed by atoms with Crippen molar-refractivity contribution in [1.29, 1.82) is 0 Å². The molecular weight excluding hydrogens is 290 g/mol. The number of benzene rings is 2. The van der Waals surface area contributed by atoms with E-state index in [-0.39, 0.29) is 12.5 Å². The van der Waals surface area contributed by atoms with Crippen LogP contribution in [0.4, 0.5) is 5.82 Å². The molecule has 116 valence electrons. The maximum absolute atomic E-state index is 11.9. The van der Waals surface area contributed by atoms with Gasteiger partial charge in [-0.2, -0.15) is 5.10 Å². The van der Waals surface area contributed by atoms with Crippen molar-refractivity contribution in [1.82, 2.24) is 9.78 Å². The molecule has 0 aliphatic carbocycles. The Morgan fingerprint density at radius 1 is 1.00 bits per heavy atom. The molecule has 5 heteroatoms. The van der Waals surface area contributed by atoms with Crippen molar-refractivity contribution >= 4 is 11.7 Å². The van der Waals surface area contributed by atoms with Crippen molar-refractivity contribution in [2.45, 2.75) is 6.54 Å². The van der Waals surface area contributed by atoms with Gasteiger partial charge in [0.1, 0.15) is 5.75 Å². The van der Waals surface area contributed by atoms with E-state index in [1.807, 2.05) is 66.9 Å². The Morgan fingerprint density at radius 2 is 1.70 bits per heavy atom. The second-order valence-electron chi connectivity index (χ2n) is 5.03. The van der Waals surface area contributed by atoms with E-state index in [2.05, 4.69) is 10.4 Å². The Labute approximate surface area is 134 Å². The number of nitrogens with one attached hydrogen (secondary N) is 1. The first kappa shape index (κ1) is 14.8. The van der Waals surface area contributed by atoms with Gasteiger partial charge in [0.2, 0.25) is 0 Å². The molecule has 1 amide bonds. The lowest BCUT2D eigenvalue weighted by Gasteiger charge is -2.05. The number of nitrogens with zero attached hydrogens (tertiary/aromatic N) is 2. The van der Waals surface area contributed by atoms with Crippen LogP contribution in [-0.2, 0) is 11.3 Å². The number of aromatic nitrogens is 2. The molecule has 0 fully saturated rings. The zero-order chi connectivity index (χ0) is 15.9. The summed E-state index contributed by atoms with van der Waals surface area (Å²) in [5.74, 6) is 0.943. The fraction of sp³-hybridized carbons (Fsp3) is 0.111. The summed E-state index contributed by atoms with van der Waals surface area (Å²) in [6, 6.07) is 21.0. The van der Waals surface area contributed by atoms with E-state index in [1.165, 1.54) is 0 Å². The Balaban J connectivity index is 1.51. The van der Waals surface area contributed by atoms with Crippen molar-refractivity contribution in [3.05, 3.63) is 78.5 Å². The number of ether oxygens (including phenoxy) is 1. The number of carbonyl (C=O) groups excluding carboxylic acids is 1. The number of para-hydroxylation sites is 1. The summed E-state index contributed by atoms with van der Waals surface area (Å²) >= 11 is 0. The minimum Gasteiger partial charge on any atom is -0.484 e. The van der Waals surface area contributed by atoms with Gasteiger partial charge in [0, 0.05) is 12.3 Å². The smallest absolute Gasteiger partial charge is 0.263 e. The average molecular weight is 307 g/mol. The zero-order valence-corrected chi connectivity index (χ0v) is 12.6. The summed E-state index contributed by atoms with van der Waals surface area (Å²) in [6.07, 6.45) is 1.83. The maximum atomic E-state index is 11.9. The molecule has 0 spiro atoms. The molecule has 2 aromatic carbocycles. The van der Waals surface area contributed by atoms with Crippen LogP contribution in [0.5, 0.6) is 5.75 Å². The van der Waals surface area contributed by atoms with Crippen molar-refractivity contribution in [3.8, 4) is 5.75 Å². The Bertz CT molecular complexity index is 754. The first-order valence-corrected chi connectivity index (χ1v) is 7.35. The predicted molar refractivity (Wildman–Crippen MR) is 88.3 cm³/mol. The molecule has 3 aromatic rings. The molecule has 0 aliphatic heterocycles. The minimum absolute atomic E-state index is 0.0461. The van der Waals surface area contributed by atoms with E-state index in [1.54, 1.807) is 10.7 Å². The highest BCUT2D eigenvalue weighted by molar-refractivity contribution is 5.90. The molecule has 0 aliphatic rings. The lowest BCUT2D eigenvalue weighted by molar-refractivity contribution is -0.118. The third-order valence-corrected chi connectivity index (χ3v) is 3.21. The number of hydrogen-bond acceptors (Lipinski definition) is 3. The van der Waals surface area contributed by atoms with Gasteiger partial charge in [0.05, 0.1) is 6.54 Å². The lowest BCUT2D eigenvalue weighted by Crippen LogP contribution is -2.20. The standard InChI is InChI=1S/C18H17N3O2/c22-18(14-23-16-9-5-2-6-10-16)19-17-11-12-21(20-17)13-15-7-3-1-4-8-15/h1-12H,13-14H2,(H,19,20,22). The largest absolute Gasteiger partial charge is 0.484 e. The molecule has 1 N–H and O–H groups in total. The molecule has 0 saturated heterocycles. The van der Waals surface area contributed by atoms with Crippen LogP contribution in [0.15, 0.2) is 72.9 Å². The van der Waals surface area contributed by atoms with Gasteiger partial charge in [0.25, 0.3) is 5.91 Å². The Morgan fingerprint density at radius 3 is 2.43 bits per heavy atom. The summed E-state index contributed by atoms with van der Waals surface area (Å²) in [6.45, 7) is 0.618. The predicted octanol–water partition coefficient (Wildman–Crippen LogP) is 2.95. The molecule has 1 heterocycles. The van der Waals surface area contributed by atoms with E-state index in [0.29, 0.717) is 18.1 Å². The fourth-order valence-electron chi connectivity index (χ4n) is 2.13. The van der Waals surface area contributed by atoms with Crippen molar-refractivity contribution < 1.29 is 9.53 Å². The first-order valence-electron chi connectivity index (χ1n) is 7.35. The van der Waals surface area contributed by atoms with Gasteiger partial charge < -0.3 is 10.1 Å². The van der Waals surface area contributed by atoms with Gasteiger partial charge in [-0.05, 0) is 17.7 Å². The number of amides is 1. The molecule has 0 radical (unpaired) electrons. The van der Waals surface area contributed by atoms with Crippen LogP contribution >= 0.6 is 0 Å². The topological polar surface area (TPSA) is 56.1 Å². The van der Waals surface area contributed by atoms with Crippen LogP contribution in [0, 0.1) is 0 Å². The van der Waals surface area contributed by atoms with Crippen LogP contribution < -0.4 is 10.1 Å². The van der Waals surface area contributed by atoms with E-state index >= 15 is 0 Å². The Hall–Kier alpha value is -3.08. The number of carbonyl (C=O) groups is 1. The van der Waals surface area contributed by atoms with Crippen LogP contribution in [-0.4, -0.2) is 22.3 Å². The fourth-order valence-corrected chi connectivity index (χ4v) is 2.13. The van der Waals surface area contributed by atoms with Gasteiger partial charge in [-0.15, -0.1) is 0 Å². The first-order chi connectivity index (χ1) is 11.3. The highest BCUT2D eigenvalue weighted by atomic mass is 16.5. The summed E-state index contributed by atoms with van der Waals surface area (Å²) < 4.78 is 7.18. The normalized spacial score (nSPS) is 10.3. The second kappa shape index (κ2) is 7.26. The van der Waals surface area contributed by atoms with Crippen LogP contribution in [0.1, 0.15) is 5.56 Å². The van der Waals surface area contributed by atoms with E-state index in [9.17, 15) is 4.79 Å². The lowest BCUT2D eigenvalue weighted by atomic mass is 10.2. The van der Waals surface area contributed by atoms with Crippen molar-refractivity contribution in [2.24, 2.45) is 0 Å². The van der Waals surface area contributed by atoms with E-state index in [0.717, 1.165) is 5.56 Å². The van der Waals surface area contributed by atoms with Gasteiger partial charge >= 0.3 is 0 Å². The molecule has 3 rings (SSSR count). The summed E-state index contributed by atoms with van der Waals surface area (Å²) in [7, 11) is 0. The second-order valence-corrected chi connectivity index (χ2v) is 5.03. The molecular formula is C18H17N3O2. The highest BCUT2D eigenvalue weighted by Crippen LogP contribution is 2.09. The maximum Gasteiger partial charge on any atom is 0.263 e. The molecule has 23 heavy (non-hydrogen) atoms. The molecule has 1 aromatic heterocycles. The summed E-state index contributed by atoms with van der Waals surface area (Å²) in [4.78, 5) is 11.9. The summed E-state index contributed by atoms with van der Waals surface area (Å²) in [5.41, 5.74) is 1.15. The monoisotopic (exact) mass is 307 g/mol. The molecule has 0 bridgehead atoms. The van der Waals surface area contributed by atoms with Crippen LogP contribution in [0.3, 0.4) is 0 Å². The molecule has 5 nitrogen and oxygen atoms in total.